The monoisotopic (exact) mass is 304 g/mol. The number of aromatic hydroxyl groups is 1. The number of phenols is 1. The predicted octanol–water partition coefficient (Wildman–Crippen LogP) is 5.26. The molecule has 1 aliphatic rings. The Labute approximate surface area is 135 Å². The predicted molar refractivity (Wildman–Crippen MR) is 92.5 cm³/mol. The van der Waals surface area contributed by atoms with Crippen molar-refractivity contribution in [3.8, 4) is 5.75 Å². The molecule has 1 aromatic carbocycles. The maximum absolute atomic E-state index is 10.4. The largest absolute Gasteiger partial charge is 0.508 e. The third-order valence-corrected chi connectivity index (χ3v) is 5.27. The Balaban J connectivity index is 2.15. The Hall–Kier alpha value is -1.02. The van der Waals surface area contributed by atoms with Crippen molar-refractivity contribution in [2.24, 2.45) is 5.92 Å². The van der Waals surface area contributed by atoms with Crippen LogP contribution in [0.3, 0.4) is 0 Å². The van der Waals surface area contributed by atoms with Gasteiger partial charge < -0.3 is 10.2 Å². The first-order valence-electron chi connectivity index (χ1n) is 8.75. The SMILES string of the molecule is Cc1cc(O)c2c(c1)[C@H]([C@@H](C)CCCC(C)(C)O)CC[C@H]2C. The Kier molecular flexibility index (Phi) is 5.21. The molecule has 0 radical (unpaired) electrons. The molecule has 1 aliphatic carbocycles. The fourth-order valence-electron chi connectivity index (χ4n) is 4.03. The molecule has 2 rings (SSSR count). The van der Waals surface area contributed by atoms with Crippen molar-refractivity contribution in [3.05, 3.63) is 28.8 Å². The molecule has 124 valence electrons. The second-order valence-electron chi connectivity index (χ2n) is 8.05. The van der Waals surface area contributed by atoms with Crippen molar-refractivity contribution < 1.29 is 10.2 Å². The maximum atomic E-state index is 10.4. The quantitative estimate of drug-likeness (QED) is 0.779. The number of rotatable bonds is 5. The summed E-state index contributed by atoms with van der Waals surface area (Å²) in [5.41, 5.74) is 3.13. The molecular weight excluding hydrogens is 272 g/mol. The molecule has 2 N–H and O–H groups in total. The summed E-state index contributed by atoms with van der Waals surface area (Å²) in [7, 11) is 0. The van der Waals surface area contributed by atoms with Crippen molar-refractivity contribution in [3.63, 3.8) is 0 Å². The number of aryl methyl sites for hydroxylation is 1. The highest BCUT2D eigenvalue weighted by Crippen LogP contribution is 2.47. The van der Waals surface area contributed by atoms with Crippen molar-refractivity contribution in [1.82, 2.24) is 0 Å². The number of fused-ring (bicyclic) bond motifs is 1. The lowest BCUT2D eigenvalue weighted by molar-refractivity contribution is 0.0665. The van der Waals surface area contributed by atoms with Gasteiger partial charge in [0.25, 0.3) is 0 Å². The maximum Gasteiger partial charge on any atom is 0.119 e. The van der Waals surface area contributed by atoms with E-state index in [0.717, 1.165) is 31.2 Å². The number of hydrogen-bond donors (Lipinski definition) is 2. The van der Waals surface area contributed by atoms with Gasteiger partial charge in [0.05, 0.1) is 5.60 Å². The summed E-state index contributed by atoms with van der Waals surface area (Å²) in [5.74, 6) is 2.07. The van der Waals surface area contributed by atoms with Gasteiger partial charge in [-0.1, -0.05) is 32.8 Å². The first-order chi connectivity index (χ1) is 10.2. The van der Waals surface area contributed by atoms with Gasteiger partial charge in [-0.2, -0.15) is 0 Å². The number of aliphatic hydroxyl groups is 1. The van der Waals surface area contributed by atoms with E-state index in [1.807, 2.05) is 19.9 Å². The summed E-state index contributed by atoms with van der Waals surface area (Å²) >= 11 is 0. The minimum atomic E-state index is -0.562. The molecule has 0 amide bonds. The Morgan fingerprint density at radius 1 is 1.27 bits per heavy atom. The molecule has 0 saturated heterocycles. The first kappa shape index (κ1) is 17.3. The average molecular weight is 304 g/mol. The van der Waals surface area contributed by atoms with Gasteiger partial charge >= 0.3 is 0 Å². The standard InChI is InChI=1S/C20H32O2/c1-13-11-17-16(14(2)7-6-10-20(4,5)22)9-8-15(3)19(17)18(21)12-13/h11-12,14-16,21-22H,6-10H2,1-5H3/t14-,15+,16-/m0/s1. The lowest BCUT2D eigenvalue weighted by Crippen LogP contribution is -2.21. The Morgan fingerprint density at radius 2 is 1.95 bits per heavy atom. The van der Waals surface area contributed by atoms with Gasteiger partial charge in [0.15, 0.2) is 0 Å². The van der Waals surface area contributed by atoms with Crippen LogP contribution in [0, 0.1) is 12.8 Å². The molecule has 3 atom stereocenters. The molecule has 0 heterocycles. The molecule has 0 aliphatic heterocycles. The third-order valence-electron chi connectivity index (χ3n) is 5.27. The zero-order valence-corrected chi connectivity index (χ0v) is 14.8. The van der Waals surface area contributed by atoms with Crippen LogP contribution in [0.15, 0.2) is 12.1 Å². The summed E-state index contributed by atoms with van der Waals surface area (Å²) in [5, 5.41) is 20.2. The summed E-state index contributed by atoms with van der Waals surface area (Å²) < 4.78 is 0. The number of benzene rings is 1. The highest BCUT2D eigenvalue weighted by Gasteiger charge is 2.30. The number of hydrogen-bond acceptors (Lipinski definition) is 2. The van der Waals surface area contributed by atoms with Gasteiger partial charge in [0.1, 0.15) is 5.75 Å². The van der Waals surface area contributed by atoms with Crippen LogP contribution < -0.4 is 0 Å². The van der Waals surface area contributed by atoms with Crippen LogP contribution in [0.5, 0.6) is 5.75 Å². The molecule has 22 heavy (non-hydrogen) atoms. The molecule has 0 spiro atoms. The minimum absolute atomic E-state index is 0.454. The Bertz CT molecular complexity index is 513. The minimum Gasteiger partial charge on any atom is -0.508 e. The van der Waals surface area contributed by atoms with E-state index in [9.17, 15) is 10.2 Å². The molecule has 2 nitrogen and oxygen atoms in total. The van der Waals surface area contributed by atoms with Crippen molar-refractivity contribution >= 4 is 0 Å². The summed E-state index contributed by atoms with van der Waals surface area (Å²) in [6.45, 7) is 10.4. The van der Waals surface area contributed by atoms with E-state index in [-0.39, 0.29) is 0 Å². The fraction of sp³-hybridized carbons (Fsp3) is 0.700. The fourth-order valence-corrected chi connectivity index (χ4v) is 4.03. The van der Waals surface area contributed by atoms with Crippen molar-refractivity contribution in [2.75, 3.05) is 0 Å². The van der Waals surface area contributed by atoms with Crippen LogP contribution in [-0.2, 0) is 0 Å². The third kappa shape index (κ3) is 4.04. The van der Waals surface area contributed by atoms with E-state index in [2.05, 4.69) is 26.8 Å². The molecule has 0 fully saturated rings. The first-order valence-corrected chi connectivity index (χ1v) is 8.75. The zero-order valence-electron chi connectivity index (χ0n) is 14.8. The Morgan fingerprint density at radius 3 is 2.59 bits per heavy atom. The van der Waals surface area contributed by atoms with Crippen LogP contribution in [0.25, 0.3) is 0 Å². The number of phenolic OH excluding ortho intramolecular Hbond substituents is 1. The van der Waals surface area contributed by atoms with Crippen LogP contribution >= 0.6 is 0 Å². The molecule has 2 heteroatoms. The van der Waals surface area contributed by atoms with Crippen LogP contribution in [-0.4, -0.2) is 15.8 Å². The van der Waals surface area contributed by atoms with E-state index < -0.39 is 5.60 Å². The lowest BCUT2D eigenvalue weighted by atomic mass is 9.70. The van der Waals surface area contributed by atoms with Crippen molar-refractivity contribution in [1.29, 1.82) is 0 Å². The molecule has 0 bridgehead atoms. The lowest BCUT2D eigenvalue weighted by Gasteiger charge is -2.34. The second-order valence-corrected chi connectivity index (χ2v) is 8.05. The summed E-state index contributed by atoms with van der Waals surface area (Å²) in [4.78, 5) is 0. The second kappa shape index (κ2) is 6.62. The van der Waals surface area contributed by atoms with E-state index >= 15 is 0 Å². The smallest absolute Gasteiger partial charge is 0.119 e. The van der Waals surface area contributed by atoms with E-state index in [1.54, 1.807) is 0 Å². The molecule has 1 aromatic rings. The highest BCUT2D eigenvalue weighted by atomic mass is 16.3. The van der Waals surface area contributed by atoms with Gasteiger partial charge in [0.2, 0.25) is 0 Å². The van der Waals surface area contributed by atoms with Crippen LogP contribution in [0.2, 0.25) is 0 Å². The van der Waals surface area contributed by atoms with Gasteiger partial charge in [0, 0.05) is 5.56 Å². The molecule has 0 saturated carbocycles. The topological polar surface area (TPSA) is 40.5 Å². The summed E-state index contributed by atoms with van der Waals surface area (Å²) in [6, 6.07) is 4.18. The van der Waals surface area contributed by atoms with E-state index in [4.69, 9.17) is 0 Å². The zero-order chi connectivity index (χ0) is 16.5. The molecular formula is C20H32O2. The molecule has 0 unspecified atom stereocenters. The van der Waals surface area contributed by atoms with Gasteiger partial charge in [-0.05, 0) is 75.0 Å². The van der Waals surface area contributed by atoms with Crippen LogP contribution in [0.1, 0.15) is 88.3 Å². The van der Waals surface area contributed by atoms with E-state index in [1.165, 1.54) is 17.5 Å². The summed E-state index contributed by atoms with van der Waals surface area (Å²) in [6.07, 6.45) is 5.41. The van der Waals surface area contributed by atoms with Gasteiger partial charge in [-0.15, -0.1) is 0 Å². The van der Waals surface area contributed by atoms with Gasteiger partial charge in [-0.3, -0.25) is 0 Å². The van der Waals surface area contributed by atoms with Crippen molar-refractivity contribution in [2.45, 2.75) is 84.2 Å². The average Bonchev–Trinajstić information content (AvgIpc) is 2.36. The van der Waals surface area contributed by atoms with E-state index in [0.29, 0.717) is 23.5 Å². The van der Waals surface area contributed by atoms with Gasteiger partial charge in [-0.25, -0.2) is 0 Å². The highest BCUT2D eigenvalue weighted by molar-refractivity contribution is 5.48. The molecule has 0 aromatic heterocycles. The van der Waals surface area contributed by atoms with Crippen LogP contribution in [0.4, 0.5) is 0 Å². The normalized spacial score (nSPS) is 23.2.